The van der Waals surface area contributed by atoms with Gasteiger partial charge in [0, 0.05) is 51.9 Å². The smallest absolute Gasteiger partial charge is 0.224 e. The van der Waals surface area contributed by atoms with Crippen molar-refractivity contribution in [3.63, 3.8) is 0 Å². The average molecular weight is 454 g/mol. The van der Waals surface area contributed by atoms with Gasteiger partial charge in [0.1, 0.15) is 0 Å². The molecule has 9 heteroatoms. The minimum absolute atomic E-state index is 0.0327. The number of rotatable bonds is 10. The molecule has 0 spiro atoms. The average Bonchev–Trinajstić information content (AvgIpc) is 3.24. The monoisotopic (exact) mass is 453 g/mol. The topological polar surface area (TPSA) is 95.4 Å². The van der Waals surface area contributed by atoms with Crippen molar-refractivity contribution in [2.75, 3.05) is 33.2 Å². The SMILES string of the molecule is CC(=O)NCCNC(=O)[C@@H]1CN2CC[C@@H]1C[C@@H]2Cn1cc(CN(C)Cc2ccccc2)nn1. The number of carbonyl (C=O) groups is 2. The number of amides is 2. The van der Waals surface area contributed by atoms with Gasteiger partial charge in [-0.05, 0) is 37.9 Å². The first-order valence-corrected chi connectivity index (χ1v) is 11.9. The van der Waals surface area contributed by atoms with Crippen molar-refractivity contribution < 1.29 is 9.59 Å². The second-order valence-corrected chi connectivity index (χ2v) is 9.40. The van der Waals surface area contributed by atoms with Crippen LogP contribution in [0.1, 0.15) is 31.0 Å². The summed E-state index contributed by atoms with van der Waals surface area (Å²) in [5, 5.41) is 14.5. The molecule has 5 rings (SSSR count). The predicted molar refractivity (Wildman–Crippen MR) is 125 cm³/mol. The fourth-order valence-corrected chi connectivity index (χ4v) is 5.12. The summed E-state index contributed by atoms with van der Waals surface area (Å²) in [5.74, 6) is 0.470. The maximum Gasteiger partial charge on any atom is 0.224 e. The van der Waals surface area contributed by atoms with E-state index in [1.165, 1.54) is 12.5 Å². The van der Waals surface area contributed by atoms with Crippen LogP contribution in [0.3, 0.4) is 0 Å². The molecule has 3 saturated heterocycles. The molecule has 2 bridgehead atoms. The van der Waals surface area contributed by atoms with Crippen LogP contribution in [0, 0.1) is 11.8 Å². The summed E-state index contributed by atoms with van der Waals surface area (Å²) in [5.41, 5.74) is 2.26. The van der Waals surface area contributed by atoms with Gasteiger partial charge in [0.05, 0.1) is 18.2 Å². The van der Waals surface area contributed by atoms with Crippen LogP contribution in [0.4, 0.5) is 0 Å². The van der Waals surface area contributed by atoms with E-state index in [9.17, 15) is 9.59 Å². The molecule has 33 heavy (non-hydrogen) atoms. The molecule has 178 valence electrons. The lowest BCUT2D eigenvalue weighted by Gasteiger charge is -2.49. The molecule has 9 nitrogen and oxygen atoms in total. The second kappa shape index (κ2) is 10.9. The molecule has 0 aliphatic carbocycles. The van der Waals surface area contributed by atoms with Gasteiger partial charge in [-0.1, -0.05) is 35.5 Å². The first-order valence-electron chi connectivity index (χ1n) is 11.9. The van der Waals surface area contributed by atoms with Crippen molar-refractivity contribution in [2.45, 2.75) is 45.4 Å². The van der Waals surface area contributed by atoms with Crippen LogP contribution in [0.25, 0.3) is 0 Å². The molecule has 1 aromatic carbocycles. The summed E-state index contributed by atoms with van der Waals surface area (Å²) in [6.45, 7) is 6.70. The Kier molecular flexibility index (Phi) is 7.72. The maximum atomic E-state index is 12.7. The van der Waals surface area contributed by atoms with Gasteiger partial charge in [-0.3, -0.25) is 24.1 Å². The molecule has 2 amide bonds. The van der Waals surface area contributed by atoms with Gasteiger partial charge < -0.3 is 10.6 Å². The normalized spacial score (nSPS) is 24.1. The van der Waals surface area contributed by atoms with Gasteiger partial charge in [-0.25, -0.2) is 0 Å². The quantitative estimate of drug-likeness (QED) is 0.519. The fourth-order valence-electron chi connectivity index (χ4n) is 5.12. The zero-order chi connectivity index (χ0) is 23.2. The number of fused-ring (bicyclic) bond motifs is 3. The first-order chi connectivity index (χ1) is 16.0. The molecule has 3 aliphatic heterocycles. The van der Waals surface area contributed by atoms with Gasteiger partial charge in [-0.15, -0.1) is 5.10 Å². The second-order valence-electron chi connectivity index (χ2n) is 9.40. The molecule has 2 aromatic rings. The Morgan fingerprint density at radius 1 is 1.15 bits per heavy atom. The molecule has 1 aromatic heterocycles. The maximum absolute atomic E-state index is 12.7. The van der Waals surface area contributed by atoms with Crippen molar-refractivity contribution in [1.29, 1.82) is 0 Å². The largest absolute Gasteiger partial charge is 0.355 e. The molecule has 4 heterocycles. The van der Waals surface area contributed by atoms with Crippen molar-refractivity contribution in [1.82, 2.24) is 35.4 Å². The van der Waals surface area contributed by atoms with E-state index in [0.717, 1.165) is 51.3 Å². The van der Waals surface area contributed by atoms with Crippen LogP contribution in [0.5, 0.6) is 0 Å². The minimum atomic E-state index is -0.0750. The molecule has 4 atom stereocenters. The summed E-state index contributed by atoms with van der Waals surface area (Å²) in [4.78, 5) is 28.3. The van der Waals surface area contributed by atoms with E-state index in [0.29, 0.717) is 25.0 Å². The molecular formula is C24H35N7O2. The third-order valence-electron chi connectivity index (χ3n) is 6.72. The van der Waals surface area contributed by atoms with Gasteiger partial charge in [0.25, 0.3) is 0 Å². The van der Waals surface area contributed by atoms with Crippen LogP contribution in [-0.2, 0) is 29.2 Å². The number of piperidine rings is 3. The van der Waals surface area contributed by atoms with Gasteiger partial charge in [0.15, 0.2) is 0 Å². The van der Waals surface area contributed by atoms with Gasteiger partial charge in [0.2, 0.25) is 11.8 Å². The Balaban J connectivity index is 1.24. The zero-order valence-electron chi connectivity index (χ0n) is 19.6. The number of nitrogens with one attached hydrogen (secondary N) is 2. The van der Waals surface area contributed by atoms with Crippen molar-refractivity contribution in [3.05, 3.63) is 47.8 Å². The Morgan fingerprint density at radius 2 is 1.94 bits per heavy atom. The fraction of sp³-hybridized carbons (Fsp3) is 0.583. The molecular weight excluding hydrogens is 418 g/mol. The zero-order valence-corrected chi connectivity index (χ0v) is 19.6. The van der Waals surface area contributed by atoms with Crippen molar-refractivity contribution in [2.24, 2.45) is 11.8 Å². The molecule has 3 fully saturated rings. The van der Waals surface area contributed by atoms with Gasteiger partial charge in [-0.2, -0.15) is 0 Å². The van der Waals surface area contributed by atoms with E-state index in [2.05, 4.69) is 68.3 Å². The van der Waals surface area contributed by atoms with Crippen LogP contribution < -0.4 is 10.6 Å². The number of hydrogen-bond donors (Lipinski definition) is 2. The van der Waals surface area contributed by atoms with Gasteiger partial charge >= 0.3 is 0 Å². The van der Waals surface area contributed by atoms with Crippen LogP contribution in [0.15, 0.2) is 36.5 Å². The first kappa shape index (κ1) is 23.4. The molecule has 0 saturated carbocycles. The highest BCUT2D eigenvalue weighted by molar-refractivity contribution is 5.79. The summed E-state index contributed by atoms with van der Waals surface area (Å²) in [7, 11) is 2.10. The number of benzene rings is 1. The summed E-state index contributed by atoms with van der Waals surface area (Å²) >= 11 is 0. The molecule has 1 unspecified atom stereocenters. The number of nitrogens with zero attached hydrogens (tertiary/aromatic N) is 5. The van der Waals surface area contributed by atoms with E-state index in [-0.39, 0.29) is 17.7 Å². The van der Waals surface area contributed by atoms with Crippen molar-refractivity contribution in [3.8, 4) is 0 Å². The highest BCUT2D eigenvalue weighted by Gasteiger charge is 2.43. The predicted octanol–water partition coefficient (Wildman–Crippen LogP) is 0.873. The highest BCUT2D eigenvalue weighted by atomic mass is 16.2. The van der Waals surface area contributed by atoms with E-state index in [1.807, 2.05) is 10.7 Å². The van der Waals surface area contributed by atoms with Crippen LogP contribution >= 0.6 is 0 Å². The van der Waals surface area contributed by atoms with Crippen LogP contribution in [0.2, 0.25) is 0 Å². The Bertz CT molecular complexity index is 932. The molecule has 2 N–H and O–H groups in total. The highest BCUT2D eigenvalue weighted by Crippen LogP contribution is 2.36. The lowest BCUT2D eigenvalue weighted by molar-refractivity contribution is -0.133. The molecule has 3 aliphatic rings. The summed E-state index contributed by atoms with van der Waals surface area (Å²) in [6, 6.07) is 10.8. The van der Waals surface area contributed by atoms with E-state index in [1.54, 1.807) is 0 Å². The third kappa shape index (κ3) is 6.39. The lowest BCUT2D eigenvalue weighted by atomic mass is 9.75. The number of carbonyl (C=O) groups excluding carboxylic acids is 2. The number of aromatic nitrogens is 3. The minimum Gasteiger partial charge on any atom is -0.355 e. The summed E-state index contributed by atoms with van der Waals surface area (Å²) < 4.78 is 1.96. The Morgan fingerprint density at radius 3 is 2.67 bits per heavy atom. The van der Waals surface area contributed by atoms with E-state index in [4.69, 9.17) is 0 Å². The number of hydrogen-bond acceptors (Lipinski definition) is 6. The Labute approximate surface area is 195 Å². The third-order valence-corrected chi connectivity index (χ3v) is 6.72. The Hall–Kier alpha value is -2.78. The lowest BCUT2D eigenvalue weighted by Crippen LogP contribution is -2.58. The van der Waals surface area contributed by atoms with E-state index < -0.39 is 0 Å². The van der Waals surface area contributed by atoms with Crippen LogP contribution in [-0.4, -0.2) is 75.9 Å². The van der Waals surface area contributed by atoms with E-state index >= 15 is 0 Å². The summed E-state index contributed by atoms with van der Waals surface area (Å²) in [6.07, 6.45) is 4.12. The van der Waals surface area contributed by atoms with Crippen molar-refractivity contribution >= 4 is 11.8 Å². The molecule has 0 radical (unpaired) electrons. The standard InChI is InChI=1S/C24H35N7O2/c1-18(32)25-9-10-26-24(33)23-17-30-11-8-20(23)12-22(30)16-31-15-21(27-28-31)14-29(2)13-19-6-4-3-5-7-19/h3-7,15,20,22-23H,8-14,16-17H2,1-2H3,(H,25,32)(H,26,33)/t20-,22-,23-/m1/s1.